The first-order valence-electron chi connectivity index (χ1n) is 6.64. The summed E-state index contributed by atoms with van der Waals surface area (Å²) >= 11 is 0. The van der Waals surface area contributed by atoms with Gasteiger partial charge in [0, 0.05) is 24.0 Å². The Morgan fingerprint density at radius 3 is 2.73 bits per heavy atom. The van der Waals surface area contributed by atoms with Crippen LogP contribution in [0.25, 0.3) is 0 Å². The maximum atomic E-state index is 12.8. The van der Waals surface area contributed by atoms with E-state index in [1.54, 1.807) is 0 Å². The average Bonchev–Trinajstić information content (AvgIpc) is 3.20. The van der Waals surface area contributed by atoms with Crippen molar-refractivity contribution in [3.8, 4) is 0 Å². The molecule has 2 aromatic rings. The second-order valence-corrected chi connectivity index (χ2v) is 5.02. The number of hydrogen-bond donors (Lipinski definition) is 1. The first kappa shape index (κ1) is 14.5. The zero-order valence-electron chi connectivity index (χ0n) is 11.3. The molecular weight excluding hydrogens is 299 g/mol. The number of nitrogens with zero attached hydrogens (tertiary/aromatic N) is 4. The number of carbonyl (C=O) groups is 1. The summed E-state index contributed by atoms with van der Waals surface area (Å²) in [6.45, 7) is -0.293. The van der Waals surface area contributed by atoms with Crippen LogP contribution in [0.15, 0.2) is 24.7 Å². The van der Waals surface area contributed by atoms with Crippen LogP contribution in [0.4, 0.5) is 19.0 Å². The number of rotatable bonds is 4. The molecule has 1 fully saturated rings. The second kappa shape index (κ2) is 5.39. The lowest BCUT2D eigenvalue weighted by molar-refractivity contribution is -0.141. The highest BCUT2D eigenvalue weighted by atomic mass is 19.4. The number of nitrogens with one attached hydrogen (secondary N) is 1. The van der Waals surface area contributed by atoms with Crippen LogP contribution in [0.3, 0.4) is 0 Å². The molecule has 1 aliphatic rings. The minimum Gasteiger partial charge on any atom is -0.308 e. The normalized spacial score (nSPS) is 14.9. The molecule has 0 spiro atoms. The Bertz CT molecular complexity index is 679. The number of halogens is 3. The van der Waals surface area contributed by atoms with E-state index in [1.807, 2.05) is 0 Å². The van der Waals surface area contributed by atoms with Crippen molar-refractivity contribution >= 4 is 11.7 Å². The van der Waals surface area contributed by atoms with Gasteiger partial charge in [-0.2, -0.15) is 18.3 Å². The van der Waals surface area contributed by atoms with Crippen LogP contribution >= 0.6 is 0 Å². The molecule has 116 valence electrons. The highest BCUT2D eigenvalue weighted by Gasteiger charge is 2.38. The summed E-state index contributed by atoms with van der Waals surface area (Å²) in [6, 6.07) is 1.02. The van der Waals surface area contributed by atoms with Gasteiger partial charge in [0.25, 0.3) is 0 Å². The number of alkyl halides is 3. The number of anilines is 1. The largest absolute Gasteiger partial charge is 0.435 e. The monoisotopic (exact) mass is 311 g/mol. The van der Waals surface area contributed by atoms with Crippen molar-refractivity contribution in [1.29, 1.82) is 0 Å². The van der Waals surface area contributed by atoms with Crippen molar-refractivity contribution in [3.05, 3.63) is 36.0 Å². The lowest BCUT2D eigenvalue weighted by Gasteiger charge is -2.07. The highest BCUT2D eigenvalue weighted by Crippen LogP contribution is 2.42. The molecule has 0 radical (unpaired) electrons. The fourth-order valence-electron chi connectivity index (χ4n) is 2.09. The Labute approximate surface area is 123 Å². The Morgan fingerprint density at radius 1 is 1.36 bits per heavy atom. The molecule has 0 bridgehead atoms. The van der Waals surface area contributed by atoms with Crippen LogP contribution in [-0.2, 0) is 17.5 Å². The molecular formula is C13H12F3N5O. The molecule has 22 heavy (non-hydrogen) atoms. The summed E-state index contributed by atoms with van der Waals surface area (Å²) in [5, 5.41) is 5.99. The maximum Gasteiger partial charge on any atom is 0.435 e. The number of aromatic nitrogens is 4. The first-order valence-corrected chi connectivity index (χ1v) is 6.64. The third-order valence-corrected chi connectivity index (χ3v) is 3.22. The van der Waals surface area contributed by atoms with Crippen molar-refractivity contribution in [2.24, 2.45) is 0 Å². The zero-order chi connectivity index (χ0) is 15.7. The maximum absolute atomic E-state index is 12.8. The van der Waals surface area contributed by atoms with Crippen LogP contribution in [0.2, 0.25) is 0 Å². The van der Waals surface area contributed by atoms with Crippen molar-refractivity contribution in [2.75, 3.05) is 5.32 Å². The van der Waals surface area contributed by atoms with Crippen molar-refractivity contribution in [2.45, 2.75) is 31.5 Å². The Morgan fingerprint density at radius 2 is 2.14 bits per heavy atom. The molecule has 2 heterocycles. The molecule has 0 saturated heterocycles. The predicted molar refractivity (Wildman–Crippen MR) is 69.9 cm³/mol. The van der Waals surface area contributed by atoms with Crippen LogP contribution < -0.4 is 5.32 Å². The van der Waals surface area contributed by atoms with Crippen LogP contribution in [-0.4, -0.2) is 25.7 Å². The van der Waals surface area contributed by atoms with E-state index in [0.717, 1.165) is 23.6 Å². The van der Waals surface area contributed by atoms with E-state index in [1.165, 1.54) is 18.6 Å². The van der Waals surface area contributed by atoms with Crippen LogP contribution in [0.5, 0.6) is 0 Å². The number of hydrogen-bond acceptors (Lipinski definition) is 4. The quantitative estimate of drug-likeness (QED) is 0.939. The van der Waals surface area contributed by atoms with Crippen molar-refractivity contribution in [3.63, 3.8) is 0 Å². The molecule has 1 amide bonds. The lowest BCUT2D eigenvalue weighted by Crippen LogP contribution is -2.21. The van der Waals surface area contributed by atoms with Gasteiger partial charge in [0.2, 0.25) is 5.91 Å². The predicted octanol–water partition coefficient (Wildman–Crippen LogP) is 2.21. The minimum atomic E-state index is -4.52. The lowest BCUT2D eigenvalue weighted by atomic mass is 10.2. The molecule has 0 aromatic carbocycles. The van der Waals surface area contributed by atoms with Gasteiger partial charge in [-0.3, -0.25) is 14.5 Å². The average molecular weight is 311 g/mol. The molecule has 0 aliphatic heterocycles. The highest BCUT2D eigenvalue weighted by molar-refractivity contribution is 5.89. The molecule has 1 aliphatic carbocycles. The first-order chi connectivity index (χ1) is 10.4. The van der Waals surface area contributed by atoms with Crippen LogP contribution in [0, 0.1) is 0 Å². The van der Waals surface area contributed by atoms with Gasteiger partial charge in [-0.1, -0.05) is 0 Å². The molecule has 1 saturated carbocycles. The summed E-state index contributed by atoms with van der Waals surface area (Å²) in [5.74, 6) is -0.212. The van der Waals surface area contributed by atoms with Gasteiger partial charge in [-0.05, 0) is 18.9 Å². The Balaban J connectivity index is 1.76. The van der Waals surface area contributed by atoms with Gasteiger partial charge in [0.15, 0.2) is 11.5 Å². The van der Waals surface area contributed by atoms with Gasteiger partial charge in [0.1, 0.15) is 6.54 Å². The van der Waals surface area contributed by atoms with Gasteiger partial charge < -0.3 is 5.32 Å². The topological polar surface area (TPSA) is 72.7 Å². The zero-order valence-corrected chi connectivity index (χ0v) is 11.3. The van der Waals surface area contributed by atoms with E-state index in [0.29, 0.717) is 5.69 Å². The third kappa shape index (κ3) is 3.23. The summed E-state index contributed by atoms with van der Waals surface area (Å²) < 4.78 is 39.4. The minimum absolute atomic E-state index is 0.0490. The summed E-state index contributed by atoms with van der Waals surface area (Å²) in [7, 11) is 0. The second-order valence-electron chi connectivity index (χ2n) is 5.02. The standard InChI is InChI=1S/C13H12F3N5O/c14-13(15,16)10-5-9(8-1-2-8)21(20-10)7-12(22)19-11-6-17-3-4-18-11/h3-6,8H,1-2,7H2,(H,18,19,22). The fraction of sp³-hybridized carbons (Fsp3) is 0.385. The van der Waals surface area contributed by atoms with E-state index in [2.05, 4.69) is 20.4 Å². The smallest absolute Gasteiger partial charge is 0.308 e. The van der Waals surface area contributed by atoms with Gasteiger partial charge in [0.05, 0.1) is 6.20 Å². The molecule has 0 atom stereocenters. The van der Waals surface area contributed by atoms with Crippen molar-refractivity contribution < 1.29 is 18.0 Å². The summed E-state index contributed by atoms with van der Waals surface area (Å²) in [4.78, 5) is 19.6. The van der Waals surface area contributed by atoms with E-state index in [-0.39, 0.29) is 18.3 Å². The third-order valence-electron chi connectivity index (χ3n) is 3.22. The van der Waals surface area contributed by atoms with Crippen LogP contribution in [0.1, 0.15) is 30.1 Å². The SMILES string of the molecule is O=C(Cn1nc(C(F)(F)F)cc1C1CC1)Nc1cnccn1. The van der Waals surface area contributed by atoms with Crippen molar-refractivity contribution in [1.82, 2.24) is 19.7 Å². The summed E-state index contributed by atoms with van der Waals surface area (Å²) in [6.07, 6.45) is 1.31. The molecule has 1 N–H and O–H groups in total. The van der Waals surface area contributed by atoms with E-state index >= 15 is 0 Å². The molecule has 9 heteroatoms. The van der Waals surface area contributed by atoms with Gasteiger partial charge in [-0.15, -0.1) is 0 Å². The van der Waals surface area contributed by atoms with E-state index in [9.17, 15) is 18.0 Å². The van der Waals surface area contributed by atoms with E-state index in [4.69, 9.17) is 0 Å². The Kier molecular flexibility index (Phi) is 3.55. The molecule has 0 unspecified atom stereocenters. The fourth-order valence-corrected chi connectivity index (χ4v) is 2.09. The molecule has 6 nitrogen and oxygen atoms in total. The summed E-state index contributed by atoms with van der Waals surface area (Å²) in [5.41, 5.74) is -0.525. The van der Waals surface area contributed by atoms with Gasteiger partial charge in [-0.25, -0.2) is 4.98 Å². The van der Waals surface area contributed by atoms with Gasteiger partial charge >= 0.3 is 6.18 Å². The van der Waals surface area contributed by atoms with E-state index < -0.39 is 17.8 Å². The number of carbonyl (C=O) groups excluding carboxylic acids is 1. The molecule has 2 aromatic heterocycles. The Hall–Kier alpha value is -2.45. The molecule has 3 rings (SSSR count). The number of amides is 1.